The second-order valence-electron chi connectivity index (χ2n) is 3.90. The highest BCUT2D eigenvalue weighted by Crippen LogP contribution is 2.38. The van der Waals surface area contributed by atoms with E-state index < -0.39 is 5.79 Å². The van der Waals surface area contributed by atoms with Crippen LogP contribution >= 0.6 is 0 Å². The fraction of sp³-hybridized carbons (Fsp3) is 0.429. The average molecular weight is 230 g/mol. The molecule has 88 valence electrons. The first-order valence-electron chi connectivity index (χ1n) is 5.57. The first-order valence-corrected chi connectivity index (χ1v) is 5.57. The van der Waals surface area contributed by atoms with Crippen molar-refractivity contribution in [1.29, 1.82) is 0 Å². The van der Waals surface area contributed by atoms with E-state index in [0.29, 0.717) is 5.76 Å². The van der Waals surface area contributed by atoms with E-state index in [2.05, 4.69) is 23.7 Å². The van der Waals surface area contributed by atoms with Gasteiger partial charge in [-0.15, -0.1) is 0 Å². The molecular weight excluding hydrogens is 216 g/mol. The zero-order valence-electron chi connectivity index (χ0n) is 9.69. The summed E-state index contributed by atoms with van der Waals surface area (Å²) in [5, 5.41) is 9.02. The fourth-order valence-electron chi connectivity index (χ4n) is 1.85. The topological polar surface area (TPSA) is 38.7 Å². The zero-order chi connectivity index (χ0) is 12.1. The minimum Gasteiger partial charge on any atom is -0.458 e. The molecule has 3 heteroatoms. The normalized spacial score (nSPS) is 31.9. The zero-order valence-corrected chi connectivity index (χ0v) is 9.69. The third kappa shape index (κ3) is 2.71. The molecular formula is C14H14O3. The number of aliphatic hydroxyl groups is 1. The quantitative estimate of drug-likeness (QED) is 0.691. The highest BCUT2D eigenvalue weighted by Gasteiger charge is 2.42. The minimum absolute atomic E-state index is 0.0316. The first kappa shape index (κ1) is 11.8. The van der Waals surface area contributed by atoms with E-state index in [1.54, 1.807) is 13.0 Å². The van der Waals surface area contributed by atoms with Crippen molar-refractivity contribution in [3.63, 3.8) is 0 Å². The summed E-state index contributed by atoms with van der Waals surface area (Å²) in [7, 11) is 0. The lowest BCUT2D eigenvalue weighted by Crippen LogP contribution is -2.27. The van der Waals surface area contributed by atoms with E-state index in [1.165, 1.54) is 0 Å². The number of rotatable bonds is 1. The van der Waals surface area contributed by atoms with Crippen LogP contribution in [0.1, 0.15) is 19.8 Å². The van der Waals surface area contributed by atoms with Gasteiger partial charge in [-0.3, -0.25) is 0 Å². The Hall–Kier alpha value is -1.68. The molecule has 2 aliphatic heterocycles. The molecule has 2 aliphatic rings. The summed E-state index contributed by atoms with van der Waals surface area (Å²) in [5.41, 5.74) is 0. The predicted octanol–water partition coefficient (Wildman–Crippen LogP) is 1.35. The Morgan fingerprint density at radius 3 is 3.18 bits per heavy atom. The molecule has 0 radical (unpaired) electrons. The van der Waals surface area contributed by atoms with E-state index in [9.17, 15) is 0 Å². The summed E-state index contributed by atoms with van der Waals surface area (Å²) in [6, 6.07) is 0. The van der Waals surface area contributed by atoms with Crippen LogP contribution in [0.15, 0.2) is 24.0 Å². The van der Waals surface area contributed by atoms with Crippen LogP contribution in [0.25, 0.3) is 0 Å². The maximum Gasteiger partial charge on any atom is 0.231 e. The summed E-state index contributed by atoms with van der Waals surface area (Å²) >= 11 is 0. The largest absolute Gasteiger partial charge is 0.458 e. The van der Waals surface area contributed by atoms with Crippen LogP contribution in [-0.2, 0) is 9.47 Å². The molecule has 0 saturated carbocycles. The van der Waals surface area contributed by atoms with E-state index in [0.717, 1.165) is 12.8 Å². The summed E-state index contributed by atoms with van der Waals surface area (Å²) in [5.74, 6) is 10.8. The smallest absolute Gasteiger partial charge is 0.231 e. The lowest BCUT2D eigenvalue weighted by molar-refractivity contribution is -0.165. The second kappa shape index (κ2) is 5.10. The Morgan fingerprint density at radius 2 is 2.47 bits per heavy atom. The van der Waals surface area contributed by atoms with Gasteiger partial charge < -0.3 is 14.6 Å². The van der Waals surface area contributed by atoms with Crippen molar-refractivity contribution in [2.75, 3.05) is 6.61 Å². The number of hydrogen-bond acceptors (Lipinski definition) is 3. The lowest BCUT2D eigenvalue weighted by Gasteiger charge is -2.22. The van der Waals surface area contributed by atoms with Crippen molar-refractivity contribution in [2.45, 2.75) is 31.7 Å². The van der Waals surface area contributed by atoms with Crippen molar-refractivity contribution in [2.24, 2.45) is 0 Å². The molecule has 1 spiro atoms. The van der Waals surface area contributed by atoms with Crippen LogP contribution in [0.5, 0.6) is 0 Å². The maximum atomic E-state index is 9.02. The second-order valence-corrected chi connectivity index (χ2v) is 3.90. The molecule has 2 heterocycles. The molecule has 0 aromatic carbocycles. The lowest BCUT2D eigenvalue weighted by atomic mass is 10.1. The van der Waals surface area contributed by atoms with Crippen LogP contribution in [0.4, 0.5) is 0 Å². The molecule has 1 N–H and O–H groups in total. The van der Waals surface area contributed by atoms with Gasteiger partial charge in [-0.05, 0) is 37.3 Å². The molecule has 1 saturated heterocycles. The first-order chi connectivity index (χ1) is 8.28. The van der Waals surface area contributed by atoms with Gasteiger partial charge in [-0.25, -0.2) is 0 Å². The number of hydrogen-bond donors (Lipinski definition) is 1. The van der Waals surface area contributed by atoms with Crippen molar-refractivity contribution in [3.8, 4) is 23.7 Å². The van der Waals surface area contributed by atoms with E-state index in [4.69, 9.17) is 14.6 Å². The molecule has 3 nitrogen and oxygen atoms in total. The number of aliphatic hydroxyl groups excluding tert-OH is 1. The van der Waals surface area contributed by atoms with Crippen LogP contribution in [0.2, 0.25) is 0 Å². The van der Waals surface area contributed by atoms with Gasteiger partial charge in [0.15, 0.2) is 0 Å². The molecule has 17 heavy (non-hydrogen) atoms. The summed E-state index contributed by atoms with van der Waals surface area (Å²) in [6.45, 7) is 1.77. The van der Waals surface area contributed by atoms with E-state index in [-0.39, 0.29) is 12.7 Å². The number of allylic oxidation sites excluding steroid dienone is 2. The molecule has 2 atom stereocenters. The highest BCUT2D eigenvalue weighted by atomic mass is 16.7. The van der Waals surface area contributed by atoms with Gasteiger partial charge in [0.05, 0.1) is 12.7 Å². The Bertz CT molecular complexity index is 467. The maximum absolute atomic E-state index is 9.02. The van der Waals surface area contributed by atoms with Crippen LogP contribution in [0, 0.1) is 23.7 Å². The van der Waals surface area contributed by atoms with Gasteiger partial charge in [0, 0.05) is 12.5 Å². The van der Waals surface area contributed by atoms with E-state index >= 15 is 0 Å². The van der Waals surface area contributed by atoms with Gasteiger partial charge in [0.2, 0.25) is 5.79 Å². The Morgan fingerprint density at radius 1 is 1.59 bits per heavy atom. The average Bonchev–Trinajstić information content (AvgIpc) is 2.93. The van der Waals surface area contributed by atoms with Gasteiger partial charge >= 0.3 is 0 Å². The molecule has 1 fully saturated rings. The molecule has 0 bridgehead atoms. The third-order valence-corrected chi connectivity index (χ3v) is 2.65. The Balaban J connectivity index is 1.99. The van der Waals surface area contributed by atoms with E-state index in [1.807, 2.05) is 12.2 Å². The molecule has 0 aromatic heterocycles. The standard InChI is InChI=1S/C14H14O3/c1-2-3-4-5-6-12-7-9-14(16-12)10-8-13(11-15)17-14/h6-7,9,13,15H,8,10-11H2,1H3/b12-6+/t13-,14-/m1/s1. The SMILES string of the molecule is CC#CC#C/C=C1\C=C[C@@]2(CC[C@H](CO)O2)O1. The van der Waals surface area contributed by atoms with Crippen LogP contribution in [-0.4, -0.2) is 23.6 Å². The van der Waals surface area contributed by atoms with Gasteiger partial charge in [-0.1, -0.05) is 11.8 Å². The molecule has 2 rings (SSSR count). The van der Waals surface area contributed by atoms with Gasteiger partial charge in [0.1, 0.15) is 5.76 Å². The van der Waals surface area contributed by atoms with Crippen LogP contribution in [0.3, 0.4) is 0 Å². The monoisotopic (exact) mass is 230 g/mol. The number of ether oxygens (including phenoxy) is 2. The van der Waals surface area contributed by atoms with Gasteiger partial charge in [-0.2, -0.15) is 0 Å². The molecule has 0 unspecified atom stereocenters. The fourth-order valence-corrected chi connectivity index (χ4v) is 1.85. The van der Waals surface area contributed by atoms with Crippen molar-refractivity contribution < 1.29 is 14.6 Å². The summed E-state index contributed by atoms with van der Waals surface area (Å²) in [4.78, 5) is 0. The minimum atomic E-state index is -0.683. The molecule has 0 amide bonds. The summed E-state index contributed by atoms with van der Waals surface area (Å²) < 4.78 is 11.3. The predicted molar refractivity (Wildman–Crippen MR) is 63.5 cm³/mol. The Kier molecular flexibility index (Phi) is 3.54. The summed E-state index contributed by atoms with van der Waals surface area (Å²) in [6.07, 6.45) is 6.83. The molecule has 0 aliphatic carbocycles. The third-order valence-electron chi connectivity index (χ3n) is 2.65. The van der Waals surface area contributed by atoms with Crippen molar-refractivity contribution in [1.82, 2.24) is 0 Å². The van der Waals surface area contributed by atoms with Crippen molar-refractivity contribution in [3.05, 3.63) is 24.0 Å². The van der Waals surface area contributed by atoms with Crippen molar-refractivity contribution >= 4 is 0 Å². The van der Waals surface area contributed by atoms with Crippen LogP contribution < -0.4 is 0 Å². The molecule has 0 aromatic rings. The Labute approximate surface area is 101 Å². The van der Waals surface area contributed by atoms with Gasteiger partial charge in [0.25, 0.3) is 0 Å². The highest BCUT2D eigenvalue weighted by molar-refractivity contribution is 5.35.